The second kappa shape index (κ2) is 15.1. The normalized spacial score (nSPS) is 12.3. The fraction of sp³-hybridized carbons (Fsp3) is 0.850. The molecule has 0 amide bonds. The van der Waals surface area contributed by atoms with Gasteiger partial charge in [0, 0.05) is 5.57 Å². The summed E-state index contributed by atoms with van der Waals surface area (Å²) in [6, 6.07) is 0. The Labute approximate surface area is 138 Å². The van der Waals surface area contributed by atoms with Gasteiger partial charge in [-0.1, -0.05) is 97.5 Å². The molecule has 1 unspecified atom stereocenters. The molecule has 0 aromatic heterocycles. The molecule has 0 heterocycles. The summed E-state index contributed by atoms with van der Waals surface area (Å²) < 4.78 is 0. The first kappa shape index (κ1) is 21.2. The summed E-state index contributed by atoms with van der Waals surface area (Å²) >= 11 is 0. The van der Waals surface area contributed by atoms with E-state index in [4.69, 9.17) is 5.11 Å². The number of carboxylic acids is 1. The van der Waals surface area contributed by atoms with Gasteiger partial charge in [-0.25, -0.2) is 4.79 Å². The summed E-state index contributed by atoms with van der Waals surface area (Å²) in [5.74, 6) is -0.127. The van der Waals surface area contributed by atoms with E-state index >= 15 is 0 Å². The molecule has 0 spiro atoms. The van der Waals surface area contributed by atoms with Crippen molar-refractivity contribution < 1.29 is 9.90 Å². The average molecular weight is 311 g/mol. The molecule has 0 rings (SSSR count). The van der Waals surface area contributed by atoms with E-state index in [1.54, 1.807) is 0 Å². The topological polar surface area (TPSA) is 37.3 Å². The zero-order chi connectivity index (χ0) is 16.6. The minimum absolute atomic E-state index is 0.353. The zero-order valence-electron chi connectivity index (χ0n) is 15.0. The van der Waals surface area contributed by atoms with Crippen LogP contribution in [0.4, 0.5) is 0 Å². The van der Waals surface area contributed by atoms with E-state index in [2.05, 4.69) is 20.4 Å². The summed E-state index contributed by atoms with van der Waals surface area (Å²) in [7, 11) is 0. The van der Waals surface area contributed by atoms with Crippen molar-refractivity contribution in [2.24, 2.45) is 5.92 Å². The van der Waals surface area contributed by atoms with Gasteiger partial charge in [0.15, 0.2) is 0 Å². The van der Waals surface area contributed by atoms with Gasteiger partial charge < -0.3 is 5.11 Å². The molecule has 1 N–H and O–H groups in total. The fourth-order valence-corrected chi connectivity index (χ4v) is 2.90. The van der Waals surface area contributed by atoms with E-state index in [-0.39, 0.29) is 0 Å². The Morgan fingerprint density at radius 2 is 1.32 bits per heavy atom. The van der Waals surface area contributed by atoms with Crippen molar-refractivity contribution in [2.75, 3.05) is 0 Å². The van der Waals surface area contributed by atoms with Crippen LogP contribution in [0.5, 0.6) is 0 Å². The molecule has 0 aliphatic heterocycles. The molecular weight excluding hydrogens is 272 g/mol. The average Bonchev–Trinajstić information content (AvgIpc) is 2.49. The Balaban J connectivity index is 3.26. The summed E-state index contributed by atoms with van der Waals surface area (Å²) in [5, 5.41) is 8.75. The molecule has 0 bridgehead atoms. The first-order valence-electron chi connectivity index (χ1n) is 9.49. The van der Waals surface area contributed by atoms with E-state index in [0.29, 0.717) is 12.0 Å². The van der Waals surface area contributed by atoms with Crippen LogP contribution in [-0.2, 0) is 4.79 Å². The minimum atomic E-state index is -0.845. The molecule has 0 radical (unpaired) electrons. The maximum atomic E-state index is 10.6. The third-order valence-corrected chi connectivity index (χ3v) is 4.53. The number of hydrogen-bond acceptors (Lipinski definition) is 1. The molecule has 0 saturated carbocycles. The summed E-state index contributed by atoms with van der Waals surface area (Å²) in [6.45, 7) is 8.14. The molecule has 0 aliphatic rings. The van der Waals surface area contributed by atoms with Gasteiger partial charge in [-0.15, -0.1) is 0 Å². The highest BCUT2D eigenvalue weighted by atomic mass is 16.4. The van der Waals surface area contributed by atoms with Crippen molar-refractivity contribution in [3.8, 4) is 0 Å². The van der Waals surface area contributed by atoms with Crippen LogP contribution in [0, 0.1) is 5.92 Å². The number of rotatable bonds is 16. The van der Waals surface area contributed by atoms with Crippen molar-refractivity contribution in [1.29, 1.82) is 0 Å². The lowest BCUT2D eigenvalue weighted by Crippen LogP contribution is -2.00. The van der Waals surface area contributed by atoms with E-state index in [1.807, 2.05) is 0 Å². The highest BCUT2D eigenvalue weighted by Gasteiger charge is 2.06. The SMILES string of the molecule is C=C(CCCC(C)CCCCCCCCCCCC)C(=O)O. The molecule has 0 fully saturated rings. The first-order chi connectivity index (χ1) is 10.6. The maximum absolute atomic E-state index is 10.6. The second-order valence-electron chi connectivity index (χ2n) is 6.88. The van der Waals surface area contributed by atoms with E-state index < -0.39 is 5.97 Å². The van der Waals surface area contributed by atoms with Gasteiger partial charge in [0.25, 0.3) is 0 Å². The summed E-state index contributed by atoms with van der Waals surface area (Å²) in [4.78, 5) is 10.6. The number of aliphatic carboxylic acids is 1. The quantitative estimate of drug-likeness (QED) is 0.253. The zero-order valence-corrected chi connectivity index (χ0v) is 15.0. The van der Waals surface area contributed by atoms with Crippen molar-refractivity contribution in [3.05, 3.63) is 12.2 Å². The van der Waals surface area contributed by atoms with Crippen molar-refractivity contribution in [3.63, 3.8) is 0 Å². The lowest BCUT2D eigenvalue weighted by Gasteiger charge is -2.11. The summed E-state index contributed by atoms with van der Waals surface area (Å²) in [6.07, 6.45) is 17.9. The van der Waals surface area contributed by atoms with Gasteiger partial charge in [0.05, 0.1) is 0 Å². The van der Waals surface area contributed by atoms with Gasteiger partial charge >= 0.3 is 5.97 Å². The number of hydrogen-bond donors (Lipinski definition) is 1. The van der Waals surface area contributed by atoms with Crippen molar-refractivity contribution in [2.45, 2.75) is 104 Å². The smallest absolute Gasteiger partial charge is 0.330 e. The van der Waals surface area contributed by atoms with Gasteiger partial charge in [0.2, 0.25) is 0 Å². The third kappa shape index (κ3) is 14.2. The molecule has 2 nitrogen and oxygen atoms in total. The highest BCUT2D eigenvalue weighted by molar-refractivity contribution is 5.85. The standard InChI is InChI=1S/C20H38O2/c1-4-5-6-7-8-9-10-11-12-13-15-18(2)16-14-17-19(3)20(21)22/h18H,3-17H2,1-2H3,(H,21,22). The number of carboxylic acid groups (broad SMARTS) is 1. The molecule has 22 heavy (non-hydrogen) atoms. The van der Waals surface area contributed by atoms with Gasteiger partial charge in [-0.3, -0.25) is 0 Å². The molecule has 130 valence electrons. The molecule has 0 saturated heterocycles. The first-order valence-corrected chi connectivity index (χ1v) is 9.49. The van der Waals surface area contributed by atoms with Crippen LogP contribution in [0.15, 0.2) is 12.2 Å². The molecule has 0 aromatic carbocycles. The fourth-order valence-electron chi connectivity index (χ4n) is 2.90. The lowest BCUT2D eigenvalue weighted by molar-refractivity contribution is -0.132. The molecule has 1 atom stereocenters. The molecule has 0 aromatic rings. The monoisotopic (exact) mass is 310 g/mol. The lowest BCUT2D eigenvalue weighted by atomic mass is 9.95. The van der Waals surface area contributed by atoms with Crippen LogP contribution >= 0.6 is 0 Å². The second-order valence-corrected chi connectivity index (χ2v) is 6.88. The van der Waals surface area contributed by atoms with Crippen molar-refractivity contribution >= 4 is 5.97 Å². The summed E-state index contributed by atoms with van der Waals surface area (Å²) in [5.41, 5.74) is 0.353. The Morgan fingerprint density at radius 3 is 1.82 bits per heavy atom. The van der Waals surface area contributed by atoms with Gasteiger partial charge in [-0.05, 0) is 18.8 Å². The Hall–Kier alpha value is -0.790. The van der Waals surface area contributed by atoms with Crippen LogP contribution in [-0.4, -0.2) is 11.1 Å². The van der Waals surface area contributed by atoms with Crippen LogP contribution in [0.1, 0.15) is 104 Å². The Kier molecular flexibility index (Phi) is 14.6. The Bertz CT molecular complexity index is 283. The Morgan fingerprint density at radius 1 is 0.864 bits per heavy atom. The van der Waals surface area contributed by atoms with Gasteiger partial charge in [0.1, 0.15) is 0 Å². The van der Waals surface area contributed by atoms with Crippen molar-refractivity contribution in [1.82, 2.24) is 0 Å². The largest absolute Gasteiger partial charge is 0.478 e. The molecule has 0 aliphatic carbocycles. The van der Waals surface area contributed by atoms with Gasteiger partial charge in [-0.2, -0.15) is 0 Å². The van der Waals surface area contributed by atoms with Crippen LogP contribution in [0.25, 0.3) is 0 Å². The van der Waals surface area contributed by atoms with Crippen LogP contribution in [0.2, 0.25) is 0 Å². The number of carbonyl (C=O) groups is 1. The van der Waals surface area contributed by atoms with E-state index in [1.165, 1.54) is 70.6 Å². The van der Waals surface area contributed by atoms with E-state index in [9.17, 15) is 4.79 Å². The predicted octanol–water partition coefficient (Wildman–Crippen LogP) is 6.74. The van der Waals surface area contributed by atoms with E-state index in [0.717, 1.165) is 18.8 Å². The minimum Gasteiger partial charge on any atom is -0.478 e. The highest BCUT2D eigenvalue weighted by Crippen LogP contribution is 2.18. The molecular formula is C20H38O2. The van der Waals surface area contributed by atoms with Crippen LogP contribution in [0.3, 0.4) is 0 Å². The third-order valence-electron chi connectivity index (χ3n) is 4.53. The number of unbranched alkanes of at least 4 members (excludes halogenated alkanes) is 9. The predicted molar refractivity (Wildman–Crippen MR) is 96.3 cm³/mol. The van der Waals surface area contributed by atoms with Crippen LogP contribution < -0.4 is 0 Å². The molecule has 2 heteroatoms. The maximum Gasteiger partial charge on any atom is 0.330 e.